The Kier molecular flexibility index (Phi) is 60.3. The molecule has 0 saturated heterocycles. The van der Waals surface area contributed by atoms with Gasteiger partial charge in [0.1, 0.15) is 0 Å². The molecule has 0 aromatic heterocycles. The molecule has 0 aliphatic carbocycles. The maximum atomic E-state index is 14.0. The third-order valence-corrected chi connectivity index (χ3v) is 34.0. The number of alkyl halides is 24. The zero-order valence-electron chi connectivity index (χ0n) is 90.0. The highest BCUT2D eigenvalue weighted by Gasteiger charge is 2.69. The first-order chi connectivity index (χ1) is 56.0. The van der Waals surface area contributed by atoms with Crippen LogP contribution in [0.5, 0.6) is 0 Å². The summed E-state index contributed by atoms with van der Waals surface area (Å²) in [6.45, 7) is 87.5. The third-order valence-electron chi connectivity index (χ3n) is 34.0. The first kappa shape index (κ1) is 141. The molecule has 0 radical (unpaired) electrons. The molecule has 0 aliphatic heterocycles. The smallest absolute Gasteiger partial charge is 0.171 e. The highest BCUT2D eigenvalue weighted by atomic mass is 19.4. The topological polar surface area (TPSA) is 0 Å². The lowest BCUT2D eigenvalue weighted by molar-refractivity contribution is -0.301. The van der Waals surface area contributed by atoms with Crippen LogP contribution in [0.3, 0.4) is 0 Å². The van der Waals surface area contributed by atoms with Gasteiger partial charge in [-0.2, -0.15) is 105 Å². The van der Waals surface area contributed by atoms with E-state index in [1.165, 1.54) is 55.4 Å². The molecule has 127 heavy (non-hydrogen) atoms. The Hall–Kier alpha value is -1.68. The van der Waals surface area contributed by atoms with Gasteiger partial charge in [0.25, 0.3) is 0 Å². The molecule has 0 fully saturated rings. The van der Waals surface area contributed by atoms with E-state index in [0.717, 1.165) is 0 Å². The zero-order valence-corrected chi connectivity index (χ0v) is 90.0. The van der Waals surface area contributed by atoms with Crippen molar-refractivity contribution in [1.29, 1.82) is 0 Å². The summed E-state index contributed by atoms with van der Waals surface area (Å²) in [5, 5.41) is 0. The third kappa shape index (κ3) is 33.6. The van der Waals surface area contributed by atoms with Crippen LogP contribution >= 0.6 is 0 Å². The Morgan fingerprint density at radius 2 is 0.370 bits per heavy atom. The van der Waals surface area contributed by atoms with Crippen LogP contribution in [0.1, 0.15) is 436 Å². The second kappa shape index (κ2) is 54.5. The number of halogens is 24. The second-order valence-corrected chi connectivity index (χ2v) is 44.1. The molecule has 0 aromatic rings. The predicted octanol–water partition coefficient (Wildman–Crippen LogP) is 42.0. The maximum absolute atomic E-state index is 14.0. The molecule has 0 rings (SSSR count). The van der Waals surface area contributed by atoms with E-state index in [9.17, 15) is 105 Å². The van der Waals surface area contributed by atoms with Crippen LogP contribution in [-0.2, 0) is 0 Å². The van der Waals surface area contributed by atoms with E-state index in [4.69, 9.17) is 0 Å². The molecule has 0 N–H and O–H groups in total. The van der Waals surface area contributed by atoms with Crippen LogP contribution in [-0.4, -0.2) is 49.4 Å². The lowest BCUT2D eigenvalue weighted by Crippen LogP contribution is -2.57. The summed E-state index contributed by atoms with van der Waals surface area (Å²) < 4.78 is 320. The highest BCUT2D eigenvalue weighted by Crippen LogP contribution is 2.67. The van der Waals surface area contributed by atoms with Crippen molar-refractivity contribution in [3.8, 4) is 0 Å². The average Bonchev–Trinajstić information content (AvgIpc) is 0.711. The molecule has 0 unspecified atom stereocenters. The van der Waals surface area contributed by atoms with Crippen LogP contribution in [0.25, 0.3) is 0 Å². The zero-order chi connectivity index (χ0) is 105. The molecule has 0 nitrogen and oxygen atoms in total. The van der Waals surface area contributed by atoms with Crippen molar-refractivity contribution < 1.29 is 105 Å². The van der Waals surface area contributed by atoms with Crippen LogP contribution in [0, 0.1) is 178 Å². The minimum Gasteiger partial charge on any atom is -0.171 e. The normalized spacial score (nSPS) is 16.0. The second-order valence-electron chi connectivity index (χ2n) is 44.1. The monoisotopic (exact) mass is 1890 g/mol. The van der Waals surface area contributed by atoms with Gasteiger partial charge in [-0.15, -0.1) is 0 Å². The van der Waals surface area contributed by atoms with Crippen molar-refractivity contribution in [3.05, 3.63) is 0 Å². The lowest BCUT2D eigenvalue weighted by Gasteiger charge is -2.57. The van der Waals surface area contributed by atoms with Gasteiger partial charge in [0.15, 0.2) is 0 Å². The average molecular weight is 1890 g/mol. The fourth-order valence-electron chi connectivity index (χ4n) is 23.5. The fourth-order valence-corrected chi connectivity index (χ4v) is 23.5. The Balaban J connectivity index is -0.000000213. The number of hydrogen-bond acceptors (Lipinski definition) is 0. The molecule has 4 atom stereocenters. The van der Waals surface area contributed by atoms with Crippen molar-refractivity contribution in [2.45, 2.75) is 485 Å². The molecule has 778 valence electrons. The summed E-state index contributed by atoms with van der Waals surface area (Å²) in [6, 6.07) is 0. The van der Waals surface area contributed by atoms with Gasteiger partial charge < -0.3 is 0 Å². The first-order valence-corrected chi connectivity index (χ1v) is 48.5. The van der Waals surface area contributed by atoms with E-state index in [-0.39, 0.29) is 113 Å². The van der Waals surface area contributed by atoms with Crippen LogP contribution in [0.4, 0.5) is 105 Å². The Bertz CT molecular complexity index is 2690. The maximum Gasteiger partial charge on any atom is 0.395 e. The van der Waals surface area contributed by atoms with Gasteiger partial charge in [-0.1, -0.05) is 384 Å². The molecular weight excluding hydrogens is 1690 g/mol. The van der Waals surface area contributed by atoms with E-state index in [0.29, 0.717) is 83.5 Å². The van der Waals surface area contributed by atoms with Crippen LogP contribution in [0.15, 0.2) is 0 Å². The van der Waals surface area contributed by atoms with Crippen molar-refractivity contribution in [2.75, 3.05) is 0 Å². The first-order valence-electron chi connectivity index (χ1n) is 48.5. The minimum absolute atomic E-state index is 0.0154. The largest absolute Gasteiger partial charge is 0.395 e. The molecule has 0 amide bonds. The Labute approximate surface area is 765 Å². The quantitative estimate of drug-likeness (QED) is 0.0544. The Morgan fingerprint density at radius 3 is 0.465 bits per heavy atom. The van der Waals surface area contributed by atoms with Crippen LogP contribution in [0.2, 0.25) is 0 Å². The number of hydrogen-bond donors (Lipinski definition) is 0. The summed E-state index contributed by atoms with van der Waals surface area (Å²) in [5.41, 5.74) is -14.8. The summed E-state index contributed by atoms with van der Waals surface area (Å²) in [4.78, 5) is 0. The SMILES string of the molecule is CC(C)C(C(C)C)C(C)(C(C(C)C)C(C)C)C(F)(F)F.CC(C)C(C(C)C)[C@](C)(C(C)C)C(F)(F)F.CC(C)C(C)(C(C)C)C(F)(F)F.CCC(C)(CC)C(C)(C(F)(F)F)C(C)(CC)CC.CCC(C)(CC)[C@](C)(C(C)C)C(F)(F)F.CCC(CC)C(C)(C(CC)CC)C(F)(F)F.CCC(CC)[C@](C)(C(C)C)C(F)(F)F.CCC[C@@](C)(C(C(C)C)C(C)C)C(F)(F)F. The van der Waals surface area contributed by atoms with Crippen molar-refractivity contribution in [2.24, 2.45) is 178 Å². The summed E-state index contributed by atoms with van der Waals surface area (Å²) >= 11 is 0. The van der Waals surface area contributed by atoms with E-state index in [1.807, 2.05) is 201 Å². The minimum atomic E-state index is -4.18. The molecule has 0 aromatic carbocycles. The van der Waals surface area contributed by atoms with E-state index < -0.39 is 121 Å². The summed E-state index contributed by atoms with van der Waals surface area (Å²) in [6.07, 6.45) is -25.3. The molecule has 0 spiro atoms. The molecule has 0 bridgehead atoms. The fraction of sp³-hybridized carbons (Fsp3) is 1.00. The van der Waals surface area contributed by atoms with Gasteiger partial charge >= 0.3 is 49.4 Å². The van der Waals surface area contributed by atoms with Gasteiger partial charge in [-0.05, 0) is 186 Å². The molecule has 0 aliphatic rings. The molecule has 24 heteroatoms. The summed E-state index contributed by atoms with van der Waals surface area (Å²) in [7, 11) is 0. The molecule has 0 saturated carbocycles. The number of rotatable bonds is 37. The molecular formula is C103H198F24. The van der Waals surface area contributed by atoms with Crippen LogP contribution < -0.4 is 0 Å². The van der Waals surface area contributed by atoms with Crippen molar-refractivity contribution in [3.63, 3.8) is 0 Å². The van der Waals surface area contributed by atoms with Gasteiger partial charge in [-0.25, -0.2) is 0 Å². The van der Waals surface area contributed by atoms with Gasteiger partial charge in [-0.3, -0.25) is 0 Å². The van der Waals surface area contributed by atoms with Crippen molar-refractivity contribution in [1.82, 2.24) is 0 Å². The summed E-state index contributed by atoms with van der Waals surface area (Å²) in [5.74, 6) is -3.87. The highest BCUT2D eigenvalue weighted by molar-refractivity contribution is 5.07. The Morgan fingerprint density at radius 1 is 0.181 bits per heavy atom. The van der Waals surface area contributed by atoms with Crippen molar-refractivity contribution >= 4 is 0 Å². The predicted molar refractivity (Wildman–Crippen MR) is 493 cm³/mol. The van der Waals surface area contributed by atoms with Gasteiger partial charge in [0, 0.05) is 0 Å². The standard InChI is InChI=1S/C17H33F3.C15H29F3.3C13H25F3.C12H23F3.C11H21F3.C9H17F3/c1-10(2)14(11(3)4)16(9,17(18,19)20)15(12(5)6)13(7)8;1-8-12(5,9-2)14(7,15(16,17)18)13(6,10-3)11-4;1-8(2)11(9(3)4)12(7,10(5)6)13(14,15)16;1-7-8-12(6,13(14,15)16)11(9(2)3)10(4)5;1-6-10(7-2)12(5,13(14,15)16)11(8-3)9-4;1-7-10(5,8-2)11(6,9(3)4)12(13,14)15;1-6-9(7-2)10(5,8(3)4)11(12,13)14;1-6(2)8(5,7(3)4)9(10,11)12/h10-15H,1-9H3;8-11H2,1-7H3;8-11H,1-7H3;9-11H,7-8H2,1-6H3;10-11H,6-9H2,1-5H3;9H,7-8H2,1-6H3;8-9H,6-7H2,1-5H3;6-7H,1-5H3/t;;2*12-;;11-;10-;/m..00.00./s1. The van der Waals surface area contributed by atoms with Gasteiger partial charge in [0.05, 0.1) is 43.3 Å². The molecule has 0 heterocycles. The van der Waals surface area contributed by atoms with E-state index in [2.05, 4.69) is 0 Å². The van der Waals surface area contributed by atoms with E-state index >= 15 is 0 Å². The lowest BCUT2D eigenvalue weighted by atomic mass is 9.49. The van der Waals surface area contributed by atoms with Gasteiger partial charge in [0.2, 0.25) is 0 Å². The van der Waals surface area contributed by atoms with E-state index in [1.54, 1.807) is 90.0 Å².